The van der Waals surface area contributed by atoms with Crippen LogP contribution in [0.2, 0.25) is 0 Å². The minimum Gasteiger partial charge on any atom is -0.478 e. The summed E-state index contributed by atoms with van der Waals surface area (Å²) in [5.74, 6) is -3.69. The fraction of sp³-hybridized carbons (Fsp3) is 0.333. The van der Waals surface area contributed by atoms with Crippen molar-refractivity contribution in [3.05, 3.63) is 12.2 Å². The van der Waals surface area contributed by atoms with Crippen molar-refractivity contribution in [2.24, 2.45) is 0 Å². The van der Waals surface area contributed by atoms with Crippen molar-refractivity contribution in [2.45, 2.75) is 13.1 Å². The van der Waals surface area contributed by atoms with Crippen LogP contribution in [-0.4, -0.2) is 28.3 Å². The maximum absolute atomic E-state index is 10.6. The Morgan fingerprint density at radius 1 is 1.23 bits per heavy atom. The summed E-state index contributed by atoms with van der Waals surface area (Å²) in [5, 5.41) is 15.0. The molecule has 0 fully saturated rings. The fourth-order valence-corrected chi connectivity index (χ4v) is 0. The normalized spacial score (nSPS) is 9.54. The zero-order valence-corrected chi connectivity index (χ0v) is 6.55. The van der Waals surface area contributed by atoms with Crippen molar-refractivity contribution in [1.29, 1.82) is 0 Å². The van der Waals surface area contributed by atoms with Crippen molar-refractivity contribution in [3.8, 4) is 0 Å². The highest BCUT2D eigenvalue weighted by molar-refractivity contribution is 5.84. The highest BCUT2D eigenvalue weighted by Crippen LogP contribution is 2.13. The van der Waals surface area contributed by atoms with E-state index in [4.69, 9.17) is 15.0 Å². The molecule has 0 aromatic carbocycles. The van der Waals surface area contributed by atoms with Crippen molar-refractivity contribution in [2.75, 3.05) is 0 Å². The second kappa shape index (κ2) is 5.18. The lowest BCUT2D eigenvalue weighted by molar-refractivity contribution is -0.192. The number of hydrogen-bond acceptors (Lipinski definition) is 2. The van der Waals surface area contributed by atoms with Gasteiger partial charge < -0.3 is 10.2 Å². The number of aliphatic carboxylic acids is 2. The molecule has 0 bridgehead atoms. The van der Waals surface area contributed by atoms with Gasteiger partial charge in [-0.2, -0.15) is 13.2 Å². The number of carbonyl (C=O) groups is 2. The Labute approximate surface area is 71.3 Å². The third-order valence-electron chi connectivity index (χ3n) is 0.608. The quantitative estimate of drug-likeness (QED) is 0.625. The molecule has 0 aromatic heterocycles. The van der Waals surface area contributed by atoms with Gasteiger partial charge in [-0.05, 0) is 6.92 Å². The average Bonchev–Trinajstić information content (AvgIpc) is 1.86. The lowest BCUT2D eigenvalue weighted by Gasteiger charge is -1.93. The van der Waals surface area contributed by atoms with Gasteiger partial charge in [0.1, 0.15) is 0 Å². The van der Waals surface area contributed by atoms with Crippen LogP contribution in [0.1, 0.15) is 6.92 Å². The van der Waals surface area contributed by atoms with Crippen molar-refractivity contribution >= 4 is 11.9 Å². The lowest BCUT2D eigenvalue weighted by Crippen LogP contribution is -2.21. The van der Waals surface area contributed by atoms with Crippen molar-refractivity contribution in [1.82, 2.24) is 0 Å². The van der Waals surface area contributed by atoms with E-state index in [0.29, 0.717) is 0 Å². The number of rotatable bonds is 1. The molecule has 7 heteroatoms. The summed E-state index contributed by atoms with van der Waals surface area (Å²) in [4.78, 5) is 18.5. The minimum absolute atomic E-state index is 0.176. The van der Waals surface area contributed by atoms with E-state index in [1.807, 2.05) is 0 Å². The van der Waals surface area contributed by atoms with Crippen LogP contribution in [0.15, 0.2) is 12.2 Å². The molecule has 0 rings (SSSR count). The maximum Gasteiger partial charge on any atom is 0.490 e. The van der Waals surface area contributed by atoms with Gasteiger partial charge >= 0.3 is 18.1 Å². The Morgan fingerprint density at radius 2 is 1.38 bits per heavy atom. The van der Waals surface area contributed by atoms with E-state index in [9.17, 15) is 18.0 Å². The second-order valence-corrected chi connectivity index (χ2v) is 1.89. The summed E-state index contributed by atoms with van der Waals surface area (Å²) in [5.41, 5.74) is 0.176. The number of hydrogen-bond donors (Lipinski definition) is 2. The average molecular weight is 200 g/mol. The third-order valence-corrected chi connectivity index (χ3v) is 0.608. The summed E-state index contributed by atoms with van der Waals surface area (Å²) in [6, 6.07) is 0. The molecule has 0 saturated heterocycles. The van der Waals surface area contributed by atoms with Crippen LogP contribution in [0.3, 0.4) is 0 Å². The summed E-state index contributed by atoms with van der Waals surface area (Å²) < 4.78 is 31.7. The topological polar surface area (TPSA) is 74.6 Å². The molecule has 0 aliphatic rings. The van der Waals surface area contributed by atoms with Gasteiger partial charge in [-0.15, -0.1) is 0 Å². The second-order valence-electron chi connectivity index (χ2n) is 1.89. The zero-order chi connectivity index (χ0) is 11.2. The van der Waals surface area contributed by atoms with Crippen molar-refractivity contribution in [3.63, 3.8) is 0 Å². The largest absolute Gasteiger partial charge is 0.490 e. The molecule has 0 amide bonds. The van der Waals surface area contributed by atoms with E-state index in [1.165, 1.54) is 6.92 Å². The number of carboxylic acid groups (broad SMARTS) is 2. The van der Waals surface area contributed by atoms with Gasteiger partial charge in [0, 0.05) is 5.57 Å². The van der Waals surface area contributed by atoms with Crippen LogP contribution in [0.5, 0.6) is 0 Å². The molecule has 0 unspecified atom stereocenters. The van der Waals surface area contributed by atoms with Crippen LogP contribution in [0.25, 0.3) is 0 Å². The highest BCUT2D eigenvalue weighted by atomic mass is 19.4. The molecule has 0 heterocycles. The summed E-state index contributed by atoms with van der Waals surface area (Å²) >= 11 is 0. The molecule has 0 saturated carbocycles. The SMILES string of the molecule is C=C(C)C(=O)O.O=C(O)C(F)(F)F. The molecular formula is C6H7F3O4. The molecule has 0 radical (unpaired) electrons. The first-order chi connectivity index (χ1) is 5.59. The van der Waals surface area contributed by atoms with Gasteiger partial charge in [0.2, 0.25) is 0 Å². The summed E-state index contributed by atoms with van der Waals surface area (Å²) in [6.45, 7) is 4.60. The smallest absolute Gasteiger partial charge is 0.478 e. The van der Waals surface area contributed by atoms with Gasteiger partial charge in [-0.25, -0.2) is 9.59 Å². The van der Waals surface area contributed by atoms with Gasteiger partial charge in [0.05, 0.1) is 0 Å². The summed E-state index contributed by atoms with van der Waals surface area (Å²) in [6.07, 6.45) is -5.08. The third kappa shape index (κ3) is 10.5. The van der Waals surface area contributed by atoms with E-state index in [-0.39, 0.29) is 5.57 Å². The molecule has 4 nitrogen and oxygen atoms in total. The molecular weight excluding hydrogens is 193 g/mol. The highest BCUT2D eigenvalue weighted by Gasteiger charge is 2.38. The molecule has 2 N–H and O–H groups in total. The van der Waals surface area contributed by atoms with Gasteiger partial charge in [0.25, 0.3) is 0 Å². The summed E-state index contributed by atoms with van der Waals surface area (Å²) in [7, 11) is 0. The van der Waals surface area contributed by atoms with Crippen LogP contribution in [0.4, 0.5) is 13.2 Å². The number of alkyl halides is 3. The standard InChI is InChI=1S/C4H6O2.C2HF3O2/c1-3(2)4(5)6;3-2(4,5)1(6)7/h1H2,2H3,(H,5,6);(H,6,7). The van der Waals surface area contributed by atoms with Gasteiger partial charge in [-0.1, -0.05) is 6.58 Å². The predicted octanol–water partition coefficient (Wildman–Crippen LogP) is 1.28. The van der Waals surface area contributed by atoms with Gasteiger partial charge in [0.15, 0.2) is 0 Å². The monoisotopic (exact) mass is 200 g/mol. The van der Waals surface area contributed by atoms with E-state index < -0.39 is 18.1 Å². The zero-order valence-electron chi connectivity index (χ0n) is 6.55. The minimum atomic E-state index is -5.08. The van der Waals surface area contributed by atoms with Crippen LogP contribution in [-0.2, 0) is 9.59 Å². The van der Waals surface area contributed by atoms with Crippen LogP contribution >= 0.6 is 0 Å². The van der Waals surface area contributed by atoms with E-state index >= 15 is 0 Å². The van der Waals surface area contributed by atoms with Gasteiger partial charge in [-0.3, -0.25) is 0 Å². The van der Waals surface area contributed by atoms with E-state index in [1.54, 1.807) is 0 Å². The van der Waals surface area contributed by atoms with Crippen LogP contribution in [0, 0.1) is 0 Å². The first-order valence-electron chi connectivity index (χ1n) is 2.78. The lowest BCUT2D eigenvalue weighted by atomic mass is 10.4. The number of carboxylic acids is 2. The predicted molar refractivity (Wildman–Crippen MR) is 36.1 cm³/mol. The Bertz CT molecular complexity index is 206. The molecule has 0 aromatic rings. The fourth-order valence-electron chi connectivity index (χ4n) is 0. The molecule has 0 spiro atoms. The Balaban J connectivity index is 0. The number of halogens is 3. The first-order valence-corrected chi connectivity index (χ1v) is 2.78. The molecule has 76 valence electrons. The Hall–Kier alpha value is -1.53. The van der Waals surface area contributed by atoms with E-state index in [0.717, 1.165) is 0 Å². The molecule has 13 heavy (non-hydrogen) atoms. The Morgan fingerprint density at radius 3 is 1.38 bits per heavy atom. The first kappa shape index (κ1) is 14.0. The van der Waals surface area contributed by atoms with Crippen molar-refractivity contribution < 1.29 is 33.0 Å². The molecule has 0 aliphatic carbocycles. The molecule has 0 aliphatic heterocycles. The molecule has 0 atom stereocenters. The Kier molecular flexibility index (Phi) is 5.58. The maximum atomic E-state index is 10.6. The van der Waals surface area contributed by atoms with E-state index in [2.05, 4.69) is 6.58 Å². The van der Waals surface area contributed by atoms with Crippen LogP contribution < -0.4 is 0 Å².